The summed E-state index contributed by atoms with van der Waals surface area (Å²) in [5, 5.41) is 33.9. The number of hydrogen-bond acceptors (Lipinski definition) is 5. The number of halogens is 5. The minimum Gasteiger partial charge on any atom is -0.508 e. The van der Waals surface area contributed by atoms with Gasteiger partial charge in [-0.2, -0.15) is 13.2 Å². The van der Waals surface area contributed by atoms with E-state index in [2.05, 4.69) is 10.3 Å². The summed E-state index contributed by atoms with van der Waals surface area (Å²) in [4.78, 5) is 6.12. The average molecular weight is 556 g/mol. The lowest BCUT2D eigenvalue weighted by Crippen LogP contribution is -2.44. The molecular weight excluding hydrogens is 538 g/mol. The van der Waals surface area contributed by atoms with E-state index in [4.69, 9.17) is 35.4 Å². The molecule has 1 atom stereocenters. The highest BCUT2D eigenvalue weighted by Crippen LogP contribution is 2.45. The first-order valence-corrected chi connectivity index (χ1v) is 11.5. The summed E-state index contributed by atoms with van der Waals surface area (Å²) in [7, 11) is 0. The molecule has 0 spiro atoms. The third kappa shape index (κ3) is 4.63. The van der Waals surface area contributed by atoms with Crippen molar-refractivity contribution in [3.05, 3.63) is 81.3 Å². The standard InChI is InChI=1S/C24H18Cl2F3N3O3S/c1-23(16-10-15(33)6-7-19(16)34)21(30-11-12-2-4-13(5-3-12)24(27,28)29)31-22(36)32(23)14-8-17(25)20(35)18(26)9-14/h2-10,33-35H,11H2,1H3,(H,30,31,36). The quantitative estimate of drug-likeness (QED) is 0.222. The van der Waals surface area contributed by atoms with E-state index < -0.39 is 17.3 Å². The molecule has 0 aliphatic carbocycles. The van der Waals surface area contributed by atoms with Crippen LogP contribution in [0.1, 0.15) is 23.6 Å². The molecule has 0 amide bonds. The minimum atomic E-state index is -4.46. The Hall–Kier alpha value is -3.21. The number of amidine groups is 1. The third-order valence-electron chi connectivity index (χ3n) is 5.80. The van der Waals surface area contributed by atoms with Crippen LogP contribution in [0.4, 0.5) is 18.9 Å². The van der Waals surface area contributed by atoms with Crippen LogP contribution < -0.4 is 10.2 Å². The lowest BCUT2D eigenvalue weighted by molar-refractivity contribution is -0.137. The van der Waals surface area contributed by atoms with Crippen LogP contribution in [-0.4, -0.2) is 26.3 Å². The SMILES string of the molecule is CC1(c2cc(O)ccc2O)C(=NCc2ccc(C(F)(F)F)cc2)NC(=S)N1c1cc(Cl)c(O)c(Cl)c1. The predicted octanol–water partition coefficient (Wildman–Crippen LogP) is 6.34. The highest BCUT2D eigenvalue weighted by molar-refractivity contribution is 7.80. The van der Waals surface area contributed by atoms with Crippen LogP contribution in [0.2, 0.25) is 10.0 Å². The molecule has 3 aromatic rings. The smallest absolute Gasteiger partial charge is 0.416 e. The summed E-state index contributed by atoms with van der Waals surface area (Å²) in [5.41, 5.74) is -1.04. The van der Waals surface area contributed by atoms with Gasteiger partial charge in [0.05, 0.1) is 22.2 Å². The molecule has 4 N–H and O–H groups in total. The second kappa shape index (κ2) is 9.34. The van der Waals surface area contributed by atoms with Gasteiger partial charge in [-0.3, -0.25) is 4.99 Å². The molecule has 4 rings (SSSR count). The molecule has 12 heteroatoms. The number of anilines is 1. The first-order valence-electron chi connectivity index (χ1n) is 10.3. The fraction of sp³-hybridized carbons (Fsp3) is 0.167. The Labute approximate surface area is 219 Å². The maximum absolute atomic E-state index is 12.9. The van der Waals surface area contributed by atoms with E-state index >= 15 is 0 Å². The van der Waals surface area contributed by atoms with Crippen LogP contribution in [0, 0.1) is 0 Å². The maximum Gasteiger partial charge on any atom is 0.416 e. The zero-order valence-corrected chi connectivity index (χ0v) is 20.8. The number of aliphatic imine (C=N–C) groups is 1. The maximum atomic E-state index is 12.9. The van der Waals surface area contributed by atoms with Crippen LogP contribution in [0.3, 0.4) is 0 Å². The molecule has 36 heavy (non-hydrogen) atoms. The average Bonchev–Trinajstić information content (AvgIpc) is 3.07. The van der Waals surface area contributed by atoms with E-state index in [0.717, 1.165) is 12.1 Å². The second-order valence-corrected chi connectivity index (χ2v) is 9.36. The summed E-state index contributed by atoms with van der Waals surface area (Å²) in [6.07, 6.45) is -4.46. The first kappa shape index (κ1) is 25.9. The summed E-state index contributed by atoms with van der Waals surface area (Å²) in [6, 6.07) is 11.4. The number of nitrogens with zero attached hydrogens (tertiary/aromatic N) is 2. The van der Waals surface area contributed by atoms with Gasteiger partial charge in [0.15, 0.2) is 10.9 Å². The number of rotatable bonds is 4. The molecule has 188 valence electrons. The Balaban J connectivity index is 1.83. The van der Waals surface area contributed by atoms with Gasteiger partial charge in [-0.25, -0.2) is 0 Å². The first-order chi connectivity index (χ1) is 16.8. The van der Waals surface area contributed by atoms with Gasteiger partial charge < -0.3 is 25.5 Å². The number of thiocarbonyl (C=S) groups is 1. The summed E-state index contributed by atoms with van der Waals surface area (Å²) in [5.74, 6) is -0.387. The Morgan fingerprint density at radius 1 is 1.00 bits per heavy atom. The highest BCUT2D eigenvalue weighted by atomic mass is 35.5. The van der Waals surface area contributed by atoms with Gasteiger partial charge in [-0.05, 0) is 67.2 Å². The van der Waals surface area contributed by atoms with Crippen molar-refractivity contribution in [3.63, 3.8) is 0 Å². The Morgan fingerprint density at radius 3 is 2.19 bits per heavy atom. The van der Waals surface area contributed by atoms with Gasteiger partial charge in [0.2, 0.25) is 0 Å². The number of alkyl halides is 3. The van der Waals surface area contributed by atoms with E-state index in [1.165, 1.54) is 42.5 Å². The van der Waals surface area contributed by atoms with E-state index in [0.29, 0.717) is 11.3 Å². The van der Waals surface area contributed by atoms with Crippen molar-refractivity contribution in [1.82, 2.24) is 5.32 Å². The summed E-state index contributed by atoms with van der Waals surface area (Å²) in [6.45, 7) is 1.66. The van der Waals surface area contributed by atoms with Crippen LogP contribution in [0.15, 0.2) is 59.6 Å². The molecule has 3 aromatic carbocycles. The molecule has 0 bridgehead atoms. The van der Waals surface area contributed by atoms with Gasteiger partial charge in [-0.15, -0.1) is 0 Å². The topological polar surface area (TPSA) is 88.3 Å². The number of aromatic hydroxyl groups is 3. The second-order valence-electron chi connectivity index (χ2n) is 8.16. The van der Waals surface area contributed by atoms with Crippen LogP contribution in [-0.2, 0) is 18.3 Å². The van der Waals surface area contributed by atoms with Crippen molar-refractivity contribution in [2.24, 2.45) is 4.99 Å². The molecule has 0 radical (unpaired) electrons. The zero-order chi connectivity index (χ0) is 26.4. The molecule has 6 nitrogen and oxygen atoms in total. The van der Waals surface area contributed by atoms with E-state index in [9.17, 15) is 28.5 Å². The number of benzene rings is 3. The Morgan fingerprint density at radius 2 is 1.61 bits per heavy atom. The normalized spacial score (nSPS) is 19.1. The van der Waals surface area contributed by atoms with E-state index in [1.54, 1.807) is 11.8 Å². The number of phenols is 3. The monoisotopic (exact) mass is 555 g/mol. The fourth-order valence-corrected chi connectivity index (χ4v) is 4.83. The third-order valence-corrected chi connectivity index (χ3v) is 6.66. The molecule has 1 heterocycles. The minimum absolute atomic E-state index is 0.0107. The van der Waals surface area contributed by atoms with Crippen LogP contribution in [0.5, 0.6) is 17.2 Å². The van der Waals surface area contributed by atoms with Crippen molar-refractivity contribution < 1.29 is 28.5 Å². The van der Waals surface area contributed by atoms with Crippen molar-refractivity contribution >= 4 is 52.1 Å². The number of phenolic OH excluding ortho intramolecular Hbond substituents is 3. The molecular formula is C24H18Cl2F3N3O3S. The van der Waals surface area contributed by atoms with Gasteiger partial charge in [0, 0.05) is 11.3 Å². The molecule has 1 aliphatic rings. The number of nitrogens with one attached hydrogen (secondary N) is 1. The van der Waals surface area contributed by atoms with Gasteiger partial charge in [-0.1, -0.05) is 35.3 Å². The van der Waals surface area contributed by atoms with Crippen molar-refractivity contribution in [2.75, 3.05) is 4.90 Å². The Kier molecular flexibility index (Phi) is 6.72. The molecule has 1 aliphatic heterocycles. The molecule has 1 unspecified atom stereocenters. The van der Waals surface area contributed by atoms with Crippen LogP contribution in [0.25, 0.3) is 0 Å². The lowest BCUT2D eigenvalue weighted by Gasteiger charge is -2.36. The zero-order valence-electron chi connectivity index (χ0n) is 18.4. The van der Waals surface area contributed by atoms with Crippen LogP contribution >= 0.6 is 35.4 Å². The fourth-order valence-electron chi connectivity index (χ4n) is 3.97. The van der Waals surface area contributed by atoms with Gasteiger partial charge >= 0.3 is 6.18 Å². The lowest BCUT2D eigenvalue weighted by atomic mass is 9.88. The Bertz CT molecular complexity index is 1360. The van der Waals surface area contributed by atoms with Crippen molar-refractivity contribution in [3.8, 4) is 17.2 Å². The molecule has 0 aromatic heterocycles. The molecule has 1 fully saturated rings. The van der Waals surface area contributed by atoms with E-state index in [1.807, 2.05) is 0 Å². The van der Waals surface area contributed by atoms with Crippen molar-refractivity contribution in [1.29, 1.82) is 0 Å². The molecule has 0 saturated carbocycles. The number of hydrogen-bond donors (Lipinski definition) is 4. The largest absolute Gasteiger partial charge is 0.508 e. The van der Waals surface area contributed by atoms with Gasteiger partial charge in [0.1, 0.15) is 22.9 Å². The molecule has 1 saturated heterocycles. The van der Waals surface area contributed by atoms with Crippen molar-refractivity contribution in [2.45, 2.75) is 25.2 Å². The highest BCUT2D eigenvalue weighted by Gasteiger charge is 2.49. The summed E-state index contributed by atoms with van der Waals surface area (Å²) < 4.78 is 38.7. The van der Waals surface area contributed by atoms with Gasteiger partial charge in [0.25, 0.3) is 0 Å². The van der Waals surface area contributed by atoms with E-state index in [-0.39, 0.29) is 50.4 Å². The summed E-state index contributed by atoms with van der Waals surface area (Å²) >= 11 is 17.8. The predicted molar refractivity (Wildman–Crippen MR) is 136 cm³/mol.